The third kappa shape index (κ3) is 6.60. The topological polar surface area (TPSA) is 112 Å². The monoisotopic (exact) mass is 482 g/mol. The van der Waals surface area contributed by atoms with Gasteiger partial charge in [-0.25, -0.2) is 8.42 Å². The van der Waals surface area contributed by atoms with E-state index >= 15 is 0 Å². The molecule has 2 aromatic rings. The second-order valence-corrected chi connectivity index (χ2v) is 10.6. The van der Waals surface area contributed by atoms with Crippen LogP contribution in [0, 0.1) is 0 Å². The summed E-state index contributed by atoms with van der Waals surface area (Å²) in [5.41, 5.74) is 0. The predicted octanol–water partition coefficient (Wildman–Crippen LogP) is 5.08. The molecule has 0 saturated heterocycles. The maximum absolute atomic E-state index is 13.9. The highest BCUT2D eigenvalue weighted by molar-refractivity contribution is 7.91. The molecule has 0 fully saturated rings. The fourth-order valence-corrected chi connectivity index (χ4v) is 4.49. The average molecular weight is 483 g/mol. The van der Waals surface area contributed by atoms with Crippen LogP contribution in [-0.2, 0) is 9.84 Å². The molecule has 0 atom stereocenters. The third-order valence-electron chi connectivity index (χ3n) is 4.08. The Bertz CT molecular complexity index is 993. The molecule has 0 spiro atoms. The molecule has 9 heteroatoms. The lowest BCUT2D eigenvalue weighted by Gasteiger charge is -2.21. The van der Waals surface area contributed by atoms with Crippen LogP contribution in [-0.4, -0.2) is 43.0 Å². The molecule has 0 bridgehead atoms. The van der Waals surface area contributed by atoms with E-state index in [9.17, 15) is 18.6 Å². The van der Waals surface area contributed by atoms with Gasteiger partial charge in [-0.2, -0.15) is 0 Å². The molecule has 0 amide bonds. The molecule has 0 aliphatic rings. The summed E-state index contributed by atoms with van der Waals surface area (Å²) in [7, 11) is -4.27. The SMILES string of the molecule is CC(C)Oc1cc(S(=O)(=O)c2cc(OC(C)C)c(O)cc2OC(C)C)c(OC(C)C)cc1O. The lowest BCUT2D eigenvalue weighted by atomic mass is 10.3. The number of hydrogen-bond donors (Lipinski definition) is 2. The van der Waals surface area contributed by atoms with Gasteiger partial charge in [-0.1, -0.05) is 0 Å². The van der Waals surface area contributed by atoms with Crippen molar-refractivity contribution in [1.29, 1.82) is 0 Å². The number of benzene rings is 2. The standard InChI is InChI=1S/C24H34O8S/c1-13(2)29-19-11-23(21(9-17(19)25)31-15(5)6)33(27,28)24-12-20(30-14(3)4)18(26)10-22(24)32-16(7)8/h9-16,25-26H,1-8H3. The molecule has 2 aromatic carbocycles. The summed E-state index contributed by atoms with van der Waals surface area (Å²) in [5.74, 6) is -0.549. The highest BCUT2D eigenvalue weighted by Crippen LogP contribution is 2.44. The van der Waals surface area contributed by atoms with Crippen molar-refractivity contribution >= 4 is 9.84 Å². The maximum Gasteiger partial charge on any atom is 0.214 e. The highest BCUT2D eigenvalue weighted by atomic mass is 32.2. The van der Waals surface area contributed by atoms with Gasteiger partial charge in [-0.15, -0.1) is 0 Å². The van der Waals surface area contributed by atoms with Gasteiger partial charge in [-0.05, 0) is 55.4 Å². The van der Waals surface area contributed by atoms with Crippen molar-refractivity contribution in [2.75, 3.05) is 0 Å². The number of sulfone groups is 1. The van der Waals surface area contributed by atoms with Gasteiger partial charge in [0.25, 0.3) is 0 Å². The fraction of sp³-hybridized carbons (Fsp3) is 0.500. The summed E-state index contributed by atoms with van der Waals surface area (Å²) in [6, 6.07) is 4.91. The minimum atomic E-state index is -4.27. The van der Waals surface area contributed by atoms with E-state index in [1.807, 2.05) is 0 Å². The lowest BCUT2D eigenvalue weighted by Crippen LogP contribution is -2.15. The number of aromatic hydroxyl groups is 2. The van der Waals surface area contributed by atoms with Crippen molar-refractivity contribution in [1.82, 2.24) is 0 Å². The Morgan fingerprint density at radius 1 is 0.545 bits per heavy atom. The first-order chi connectivity index (χ1) is 15.2. The second kappa shape index (κ2) is 10.4. The number of ether oxygens (including phenoxy) is 4. The van der Waals surface area contributed by atoms with Crippen LogP contribution in [0.25, 0.3) is 0 Å². The summed E-state index contributed by atoms with van der Waals surface area (Å²) in [4.78, 5) is -0.418. The molecule has 8 nitrogen and oxygen atoms in total. The van der Waals surface area contributed by atoms with Gasteiger partial charge in [0.2, 0.25) is 9.84 Å². The zero-order chi connectivity index (χ0) is 25.1. The van der Waals surface area contributed by atoms with E-state index in [0.29, 0.717) is 0 Å². The van der Waals surface area contributed by atoms with Gasteiger partial charge in [0, 0.05) is 24.3 Å². The Hall–Kier alpha value is -2.81. The molecule has 33 heavy (non-hydrogen) atoms. The normalized spacial score (nSPS) is 12.0. The number of phenolic OH excluding ortho intramolecular Hbond substituents is 2. The maximum atomic E-state index is 13.9. The molecule has 0 aliphatic carbocycles. The summed E-state index contributed by atoms with van der Waals surface area (Å²) in [5, 5.41) is 20.8. The van der Waals surface area contributed by atoms with Gasteiger partial charge >= 0.3 is 0 Å². The minimum absolute atomic E-state index is 0.00319. The van der Waals surface area contributed by atoms with Crippen LogP contribution in [0.1, 0.15) is 55.4 Å². The van der Waals surface area contributed by atoms with Crippen LogP contribution in [0.15, 0.2) is 34.1 Å². The molecule has 2 rings (SSSR count). The van der Waals surface area contributed by atoms with E-state index < -0.39 is 9.84 Å². The van der Waals surface area contributed by atoms with E-state index in [1.54, 1.807) is 55.4 Å². The molecule has 0 aromatic heterocycles. The van der Waals surface area contributed by atoms with Gasteiger partial charge in [0.1, 0.15) is 21.3 Å². The van der Waals surface area contributed by atoms with E-state index in [4.69, 9.17) is 18.9 Å². The third-order valence-corrected chi connectivity index (χ3v) is 5.88. The zero-order valence-corrected chi connectivity index (χ0v) is 21.2. The summed E-state index contributed by atoms with van der Waals surface area (Å²) < 4.78 is 50.4. The first kappa shape index (κ1) is 26.4. The van der Waals surface area contributed by atoms with Gasteiger partial charge in [0.05, 0.1) is 24.4 Å². The summed E-state index contributed by atoms with van der Waals surface area (Å²) in [6.07, 6.45) is -1.33. The van der Waals surface area contributed by atoms with Gasteiger partial charge < -0.3 is 29.2 Å². The minimum Gasteiger partial charge on any atom is -0.504 e. The Morgan fingerprint density at radius 2 is 0.818 bits per heavy atom. The zero-order valence-electron chi connectivity index (χ0n) is 20.4. The van der Waals surface area contributed by atoms with Crippen LogP contribution >= 0.6 is 0 Å². The molecule has 0 saturated carbocycles. The van der Waals surface area contributed by atoms with Gasteiger partial charge in [0.15, 0.2) is 23.0 Å². The first-order valence-electron chi connectivity index (χ1n) is 10.9. The Labute approximate surface area is 196 Å². The second-order valence-electron chi connectivity index (χ2n) is 8.70. The van der Waals surface area contributed by atoms with E-state index in [0.717, 1.165) is 0 Å². The highest BCUT2D eigenvalue weighted by Gasteiger charge is 2.31. The molecule has 184 valence electrons. The van der Waals surface area contributed by atoms with Crippen molar-refractivity contribution in [3.05, 3.63) is 24.3 Å². The number of phenols is 2. The van der Waals surface area contributed by atoms with Crippen LogP contribution in [0.2, 0.25) is 0 Å². The quantitative estimate of drug-likeness (QED) is 0.482. The van der Waals surface area contributed by atoms with Crippen molar-refractivity contribution in [3.63, 3.8) is 0 Å². The van der Waals surface area contributed by atoms with Crippen LogP contribution in [0.4, 0.5) is 0 Å². The fourth-order valence-electron chi connectivity index (χ4n) is 2.99. The molecular formula is C24H34O8S. The molecule has 0 unspecified atom stereocenters. The van der Waals surface area contributed by atoms with Crippen LogP contribution in [0.5, 0.6) is 34.5 Å². The number of rotatable bonds is 10. The van der Waals surface area contributed by atoms with Crippen LogP contribution in [0.3, 0.4) is 0 Å². The van der Waals surface area contributed by atoms with E-state index in [-0.39, 0.29) is 68.7 Å². The lowest BCUT2D eigenvalue weighted by molar-refractivity contribution is 0.219. The van der Waals surface area contributed by atoms with E-state index in [1.165, 1.54) is 24.3 Å². The first-order valence-corrected chi connectivity index (χ1v) is 12.4. The Kier molecular flexibility index (Phi) is 8.35. The van der Waals surface area contributed by atoms with Crippen molar-refractivity contribution in [3.8, 4) is 34.5 Å². The number of hydrogen-bond acceptors (Lipinski definition) is 8. The van der Waals surface area contributed by atoms with Crippen molar-refractivity contribution in [2.24, 2.45) is 0 Å². The van der Waals surface area contributed by atoms with Crippen molar-refractivity contribution < 1.29 is 37.6 Å². The smallest absolute Gasteiger partial charge is 0.214 e. The molecule has 0 radical (unpaired) electrons. The average Bonchev–Trinajstić information content (AvgIpc) is 2.64. The van der Waals surface area contributed by atoms with Gasteiger partial charge in [-0.3, -0.25) is 0 Å². The Morgan fingerprint density at radius 3 is 1.09 bits per heavy atom. The summed E-state index contributed by atoms with van der Waals surface area (Å²) >= 11 is 0. The molecule has 2 N–H and O–H groups in total. The largest absolute Gasteiger partial charge is 0.504 e. The summed E-state index contributed by atoms with van der Waals surface area (Å²) in [6.45, 7) is 14.0. The Balaban J connectivity index is 2.82. The van der Waals surface area contributed by atoms with E-state index in [2.05, 4.69) is 0 Å². The molecule has 0 aliphatic heterocycles. The molecule has 0 heterocycles. The predicted molar refractivity (Wildman–Crippen MR) is 125 cm³/mol. The van der Waals surface area contributed by atoms with Crippen LogP contribution < -0.4 is 18.9 Å². The van der Waals surface area contributed by atoms with Crippen molar-refractivity contribution in [2.45, 2.75) is 89.6 Å². The molecular weight excluding hydrogens is 448 g/mol.